The van der Waals surface area contributed by atoms with Gasteiger partial charge in [-0.3, -0.25) is 0 Å². The minimum atomic E-state index is 0.305. The Morgan fingerprint density at radius 1 is 0.812 bits per heavy atom. The number of nitrogens with zero attached hydrogens (tertiary/aromatic N) is 4. The van der Waals surface area contributed by atoms with Crippen molar-refractivity contribution in [3.8, 4) is 5.69 Å². The van der Waals surface area contributed by atoms with Gasteiger partial charge in [-0.25, -0.2) is 14.6 Å². The van der Waals surface area contributed by atoms with Gasteiger partial charge in [0.05, 0.1) is 17.3 Å². The number of hydrogen-bond donors (Lipinski definition) is 1. The van der Waals surface area contributed by atoms with Crippen LogP contribution >= 0.6 is 11.6 Å². The molecule has 0 bridgehead atoms. The van der Waals surface area contributed by atoms with Crippen LogP contribution in [0.15, 0.2) is 97.5 Å². The molecule has 5 rings (SSSR count). The lowest BCUT2D eigenvalue weighted by Crippen LogP contribution is -2.10. The summed E-state index contributed by atoms with van der Waals surface area (Å²) in [5.41, 5.74) is 4.28. The maximum Gasteiger partial charge on any atom is 0.168 e. The van der Waals surface area contributed by atoms with E-state index in [1.54, 1.807) is 17.2 Å². The van der Waals surface area contributed by atoms with Crippen molar-refractivity contribution in [1.82, 2.24) is 19.7 Å². The van der Waals surface area contributed by atoms with Gasteiger partial charge in [0.25, 0.3) is 0 Å². The Kier molecular flexibility index (Phi) is 5.81. The van der Waals surface area contributed by atoms with Crippen molar-refractivity contribution >= 4 is 28.5 Å². The third kappa shape index (κ3) is 4.20. The summed E-state index contributed by atoms with van der Waals surface area (Å²) in [6, 6.07) is 28.8. The second-order valence-corrected chi connectivity index (χ2v) is 8.02. The lowest BCUT2D eigenvalue weighted by Gasteiger charge is -2.18. The highest BCUT2D eigenvalue weighted by molar-refractivity contribution is 6.30. The third-order valence-electron chi connectivity index (χ3n) is 5.57. The number of fused-ring (bicyclic) bond motifs is 1. The van der Waals surface area contributed by atoms with E-state index in [0.717, 1.165) is 35.5 Å². The zero-order valence-corrected chi connectivity index (χ0v) is 18.2. The lowest BCUT2D eigenvalue weighted by atomic mass is 9.88. The van der Waals surface area contributed by atoms with Crippen LogP contribution in [-0.4, -0.2) is 26.3 Å². The van der Waals surface area contributed by atoms with Crippen LogP contribution < -0.4 is 5.32 Å². The van der Waals surface area contributed by atoms with Crippen molar-refractivity contribution in [3.05, 3.63) is 114 Å². The van der Waals surface area contributed by atoms with Crippen LogP contribution in [0.3, 0.4) is 0 Å². The van der Waals surface area contributed by atoms with Crippen molar-refractivity contribution in [3.63, 3.8) is 0 Å². The predicted octanol–water partition coefficient (Wildman–Crippen LogP) is 6.10. The Hall–Kier alpha value is -3.70. The van der Waals surface area contributed by atoms with Crippen molar-refractivity contribution in [2.75, 3.05) is 11.9 Å². The molecule has 0 radical (unpaired) electrons. The van der Waals surface area contributed by atoms with Gasteiger partial charge in [0.1, 0.15) is 12.1 Å². The molecule has 0 saturated carbocycles. The van der Waals surface area contributed by atoms with Crippen LogP contribution in [0, 0.1) is 0 Å². The highest BCUT2D eigenvalue weighted by Gasteiger charge is 2.15. The van der Waals surface area contributed by atoms with E-state index in [0.29, 0.717) is 10.9 Å². The molecular weight excluding hydrogens is 418 g/mol. The number of hydrogen-bond acceptors (Lipinski definition) is 4. The van der Waals surface area contributed by atoms with Gasteiger partial charge in [0.2, 0.25) is 0 Å². The normalized spacial score (nSPS) is 11.2. The van der Waals surface area contributed by atoms with Gasteiger partial charge in [-0.1, -0.05) is 72.3 Å². The Balaban J connectivity index is 1.37. The molecule has 0 atom stereocenters. The fraction of sp³-hybridized carbons (Fsp3) is 0.115. The van der Waals surface area contributed by atoms with Crippen LogP contribution in [0.5, 0.6) is 0 Å². The Bertz CT molecular complexity index is 1260. The minimum absolute atomic E-state index is 0.305. The molecule has 0 saturated heterocycles. The molecule has 32 heavy (non-hydrogen) atoms. The summed E-state index contributed by atoms with van der Waals surface area (Å²) in [5.74, 6) is 1.09. The van der Waals surface area contributed by atoms with E-state index in [1.165, 1.54) is 11.1 Å². The van der Waals surface area contributed by atoms with Crippen molar-refractivity contribution < 1.29 is 0 Å². The molecule has 0 aliphatic carbocycles. The number of anilines is 1. The first kappa shape index (κ1) is 20.2. The van der Waals surface area contributed by atoms with Gasteiger partial charge in [-0.15, -0.1) is 0 Å². The molecule has 6 heteroatoms. The Morgan fingerprint density at radius 3 is 2.12 bits per heavy atom. The number of nitrogens with one attached hydrogen (secondary N) is 1. The standard InChI is InChI=1S/C26H22ClN5/c27-21-11-13-22(14-12-21)32-26-24(17-31-32)25(29-18-30-26)28-16-15-23(19-7-3-1-4-8-19)20-9-5-2-6-10-20/h1-14,17-18,23H,15-16H2,(H,28,29,30). The molecule has 3 aromatic carbocycles. The quantitative estimate of drug-likeness (QED) is 0.332. The average molecular weight is 440 g/mol. The monoisotopic (exact) mass is 439 g/mol. The molecule has 2 heterocycles. The zero-order valence-electron chi connectivity index (χ0n) is 17.4. The molecule has 5 aromatic rings. The van der Waals surface area contributed by atoms with Gasteiger partial charge in [0.15, 0.2) is 5.65 Å². The third-order valence-corrected chi connectivity index (χ3v) is 5.82. The summed E-state index contributed by atoms with van der Waals surface area (Å²) < 4.78 is 1.80. The molecule has 0 aliphatic rings. The van der Waals surface area contributed by atoms with Crippen molar-refractivity contribution in [1.29, 1.82) is 0 Å². The van der Waals surface area contributed by atoms with Crippen LogP contribution in [0.4, 0.5) is 5.82 Å². The van der Waals surface area contributed by atoms with E-state index in [4.69, 9.17) is 11.6 Å². The van der Waals surface area contributed by atoms with Gasteiger partial charge in [0, 0.05) is 17.5 Å². The molecular formula is C26H22ClN5. The van der Waals surface area contributed by atoms with E-state index >= 15 is 0 Å². The largest absolute Gasteiger partial charge is 0.369 e. The summed E-state index contributed by atoms with van der Waals surface area (Å²) >= 11 is 6.02. The van der Waals surface area contributed by atoms with Gasteiger partial charge < -0.3 is 5.32 Å². The molecule has 158 valence electrons. The van der Waals surface area contributed by atoms with Crippen LogP contribution in [0.1, 0.15) is 23.5 Å². The van der Waals surface area contributed by atoms with Crippen molar-refractivity contribution in [2.45, 2.75) is 12.3 Å². The van der Waals surface area contributed by atoms with Gasteiger partial charge in [-0.2, -0.15) is 5.10 Å². The first-order valence-corrected chi connectivity index (χ1v) is 11.0. The minimum Gasteiger partial charge on any atom is -0.369 e. The summed E-state index contributed by atoms with van der Waals surface area (Å²) in [6.07, 6.45) is 4.31. The van der Waals surface area contributed by atoms with E-state index in [1.807, 2.05) is 24.3 Å². The molecule has 0 unspecified atom stereocenters. The summed E-state index contributed by atoms with van der Waals surface area (Å²) in [6.45, 7) is 0.771. The fourth-order valence-corrected chi connectivity index (χ4v) is 4.11. The zero-order chi connectivity index (χ0) is 21.8. The van der Waals surface area contributed by atoms with E-state index in [-0.39, 0.29) is 0 Å². The number of rotatable bonds is 7. The van der Waals surface area contributed by atoms with E-state index in [2.05, 4.69) is 81.0 Å². The number of aromatic nitrogens is 4. The van der Waals surface area contributed by atoms with Crippen LogP contribution in [0.25, 0.3) is 16.7 Å². The Morgan fingerprint density at radius 2 is 1.47 bits per heavy atom. The first-order chi connectivity index (χ1) is 15.8. The van der Waals surface area contributed by atoms with Gasteiger partial charge >= 0.3 is 0 Å². The fourth-order valence-electron chi connectivity index (χ4n) is 3.99. The topological polar surface area (TPSA) is 55.6 Å². The molecule has 0 aliphatic heterocycles. The molecule has 1 N–H and O–H groups in total. The summed E-state index contributed by atoms with van der Waals surface area (Å²) in [7, 11) is 0. The highest BCUT2D eigenvalue weighted by Crippen LogP contribution is 2.28. The van der Waals surface area contributed by atoms with Crippen molar-refractivity contribution in [2.24, 2.45) is 0 Å². The molecule has 0 spiro atoms. The first-order valence-electron chi connectivity index (χ1n) is 10.6. The highest BCUT2D eigenvalue weighted by atomic mass is 35.5. The summed E-state index contributed by atoms with van der Waals surface area (Å²) in [5, 5.41) is 9.61. The second-order valence-electron chi connectivity index (χ2n) is 7.58. The number of benzene rings is 3. The maximum atomic E-state index is 6.02. The summed E-state index contributed by atoms with van der Waals surface area (Å²) in [4.78, 5) is 8.93. The molecule has 5 nitrogen and oxygen atoms in total. The molecule has 0 fully saturated rings. The smallest absolute Gasteiger partial charge is 0.168 e. The van der Waals surface area contributed by atoms with Crippen LogP contribution in [-0.2, 0) is 0 Å². The van der Waals surface area contributed by atoms with E-state index < -0.39 is 0 Å². The molecule has 0 amide bonds. The number of halogens is 1. The van der Waals surface area contributed by atoms with E-state index in [9.17, 15) is 0 Å². The second kappa shape index (κ2) is 9.20. The lowest BCUT2D eigenvalue weighted by molar-refractivity contribution is 0.743. The predicted molar refractivity (Wildman–Crippen MR) is 130 cm³/mol. The van der Waals surface area contributed by atoms with Crippen LogP contribution in [0.2, 0.25) is 5.02 Å². The Labute approximate surface area is 191 Å². The van der Waals surface area contributed by atoms with Gasteiger partial charge in [-0.05, 0) is 41.8 Å². The molecule has 2 aromatic heterocycles. The SMILES string of the molecule is Clc1ccc(-n2ncc3c(NCCC(c4ccccc4)c4ccccc4)ncnc32)cc1. The average Bonchev–Trinajstić information content (AvgIpc) is 3.28. The maximum absolute atomic E-state index is 6.02.